The molecule has 2 aromatic carbocycles. The summed E-state index contributed by atoms with van der Waals surface area (Å²) in [6.45, 7) is 8.71. The second-order valence-corrected chi connectivity index (χ2v) is 7.32. The van der Waals surface area contributed by atoms with Gasteiger partial charge in [-0.2, -0.15) is 0 Å². The van der Waals surface area contributed by atoms with Gasteiger partial charge in [0.1, 0.15) is 5.75 Å². The van der Waals surface area contributed by atoms with E-state index >= 15 is 0 Å². The molecule has 0 bridgehead atoms. The zero-order valence-electron chi connectivity index (χ0n) is 15.6. The number of ketones is 1. The summed E-state index contributed by atoms with van der Waals surface area (Å²) in [5.74, 6) is -0.0310. The normalized spacial score (nSPS) is 11.3. The van der Waals surface area contributed by atoms with Crippen molar-refractivity contribution in [3.8, 4) is 5.75 Å². The minimum atomic E-state index is -1.13. The molecule has 0 saturated heterocycles. The van der Waals surface area contributed by atoms with Crippen molar-refractivity contribution < 1.29 is 19.1 Å². The molecular weight excluding hydrogens is 352 g/mol. The van der Waals surface area contributed by atoms with E-state index in [1.165, 1.54) is 0 Å². The van der Waals surface area contributed by atoms with Crippen molar-refractivity contribution in [2.75, 3.05) is 0 Å². The third kappa shape index (κ3) is 4.85. The highest BCUT2D eigenvalue weighted by atomic mass is 35.5. The van der Waals surface area contributed by atoms with Crippen molar-refractivity contribution in [3.05, 3.63) is 64.2 Å². The standard InChI is InChI=1S/C21H23ClO4/c1-13(2)25-20(24)21(4,5)26-17-10-11-18(14(3)12-17)19(23)15-6-8-16(22)9-7-15/h6-13H,1-5H3. The van der Waals surface area contributed by atoms with Gasteiger partial charge in [-0.1, -0.05) is 11.6 Å². The number of ether oxygens (including phenoxy) is 2. The third-order valence-corrected chi connectivity index (χ3v) is 4.01. The topological polar surface area (TPSA) is 52.6 Å². The van der Waals surface area contributed by atoms with Crippen LogP contribution in [-0.4, -0.2) is 23.5 Å². The highest BCUT2D eigenvalue weighted by molar-refractivity contribution is 6.30. The fourth-order valence-electron chi connectivity index (χ4n) is 2.40. The highest BCUT2D eigenvalue weighted by Crippen LogP contribution is 2.25. The maximum Gasteiger partial charge on any atom is 0.350 e. The van der Waals surface area contributed by atoms with Crippen LogP contribution in [0.15, 0.2) is 42.5 Å². The number of carbonyl (C=O) groups excluding carboxylic acids is 2. The lowest BCUT2D eigenvalue weighted by molar-refractivity contribution is -0.163. The molecular formula is C21H23ClO4. The van der Waals surface area contributed by atoms with Gasteiger partial charge in [0.15, 0.2) is 11.4 Å². The van der Waals surface area contributed by atoms with Crippen molar-refractivity contribution in [2.45, 2.75) is 46.3 Å². The summed E-state index contributed by atoms with van der Waals surface area (Å²) in [7, 11) is 0. The summed E-state index contributed by atoms with van der Waals surface area (Å²) >= 11 is 5.87. The van der Waals surface area contributed by atoms with Gasteiger partial charge in [-0.05, 0) is 82.6 Å². The SMILES string of the molecule is Cc1cc(OC(C)(C)C(=O)OC(C)C)ccc1C(=O)c1ccc(Cl)cc1. The molecule has 0 amide bonds. The molecule has 0 unspecified atom stereocenters. The molecule has 0 saturated carbocycles. The lowest BCUT2D eigenvalue weighted by atomic mass is 9.99. The van der Waals surface area contributed by atoms with E-state index in [-0.39, 0.29) is 11.9 Å². The Labute approximate surface area is 159 Å². The minimum absolute atomic E-state index is 0.0933. The maximum absolute atomic E-state index is 12.6. The molecule has 26 heavy (non-hydrogen) atoms. The van der Waals surface area contributed by atoms with E-state index in [0.29, 0.717) is 21.9 Å². The Bertz CT molecular complexity index is 807. The molecule has 2 rings (SSSR count). The second kappa shape index (κ2) is 7.92. The number of benzene rings is 2. The molecule has 0 aliphatic rings. The number of aryl methyl sites for hydroxylation is 1. The Morgan fingerprint density at radius 2 is 1.65 bits per heavy atom. The van der Waals surface area contributed by atoms with Gasteiger partial charge >= 0.3 is 5.97 Å². The number of carbonyl (C=O) groups is 2. The lowest BCUT2D eigenvalue weighted by Gasteiger charge is -2.25. The van der Waals surface area contributed by atoms with E-state index in [1.54, 1.807) is 70.2 Å². The molecule has 2 aromatic rings. The molecule has 0 radical (unpaired) electrons. The first kappa shape index (κ1) is 20.0. The molecule has 0 heterocycles. The van der Waals surface area contributed by atoms with Crippen LogP contribution in [0.1, 0.15) is 49.2 Å². The van der Waals surface area contributed by atoms with Gasteiger partial charge in [0.05, 0.1) is 6.10 Å². The number of esters is 1. The predicted octanol–water partition coefficient (Wildman–Crippen LogP) is 4.99. The smallest absolute Gasteiger partial charge is 0.350 e. The van der Waals surface area contributed by atoms with Crippen LogP contribution in [0.5, 0.6) is 5.75 Å². The van der Waals surface area contributed by atoms with E-state index in [9.17, 15) is 9.59 Å². The van der Waals surface area contributed by atoms with E-state index < -0.39 is 11.6 Å². The van der Waals surface area contributed by atoms with E-state index in [0.717, 1.165) is 5.56 Å². The predicted molar refractivity (Wildman–Crippen MR) is 102 cm³/mol. The van der Waals surface area contributed by atoms with Crippen molar-refractivity contribution in [2.24, 2.45) is 0 Å². The molecule has 5 heteroatoms. The summed E-state index contributed by atoms with van der Waals surface area (Å²) in [5, 5.41) is 0.581. The average molecular weight is 375 g/mol. The number of halogens is 1. The van der Waals surface area contributed by atoms with Crippen molar-refractivity contribution >= 4 is 23.4 Å². The van der Waals surface area contributed by atoms with E-state index in [2.05, 4.69) is 0 Å². The molecule has 0 fully saturated rings. The first-order valence-electron chi connectivity index (χ1n) is 8.41. The van der Waals surface area contributed by atoms with Crippen LogP contribution in [-0.2, 0) is 9.53 Å². The number of hydrogen-bond donors (Lipinski definition) is 0. The van der Waals surface area contributed by atoms with E-state index in [4.69, 9.17) is 21.1 Å². The highest BCUT2D eigenvalue weighted by Gasteiger charge is 2.32. The Kier molecular flexibility index (Phi) is 6.09. The van der Waals surface area contributed by atoms with E-state index in [1.807, 2.05) is 6.92 Å². The molecule has 0 aliphatic heterocycles. The Balaban J connectivity index is 2.20. The zero-order chi connectivity index (χ0) is 19.5. The van der Waals surface area contributed by atoms with Crippen molar-refractivity contribution in [3.63, 3.8) is 0 Å². The molecule has 0 aromatic heterocycles. The summed E-state index contributed by atoms with van der Waals surface area (Å²) < 4.78 is 11.0. The van der Waals surface area contributed by atoms with Crippen LogP contribution < -0.4 is 4.74 Å². The van der Waals surface area contributed by atoms with Crippen molar-refractivity contribution in [1.29, 1.82) is 0 Å². The van der Waals surface area contributed by atoms with Gasteiger partial charge in [-0.25, -0.2) is 4.79 Å². The quantitative estimate of drug-likeness (QED) is 0.528. The largest absolute Gasteiger partial charge is 0.476 e. The Morgan fingerprint density at radius 1 is 1.04 bits per heavy atom. The first-order valence-corrected chi connectivity index (χ1v) is 8.79. The molecule has 0 spiro atoms. The van der Waals surface area contributed by atoms with Crippen LogP contribution in [0.25, 0.3) is 0 Å². The molecule has 138 valence electrons. The second-order valence-electron chi connectivity index (χ2n) is 6.88. The zero-order valence-corrected chi connectivity index (χ0v) is 16.4. The minimum Gasteiger partial charge on any atom is -0.476 e. The summed E-state index contributed by atoms with van der Waals surface area (Å²) in [5.41, 5.74) is 0.767. The van der Waals surface area contributed by atoms with Gasteiger partial charge < -0.3 is 9.47 Å². The summed E-state index contributed by atoms with van der Waals surface area (Å²) in [6, 6.07) is 11.9. The Morgan fingerprint density at radius 3 is 2.19 bits per heavy atom. The van der Waals surface area contributed by atoms with Crippen LogP contribution in [0.4, 0.5) is 0 Å². The van der Waals surface area contributed by atoms with Crippen LogP contribution in [0.3, 0.4) is 0 Å². The first-order chi connectivity index (χ1) is 12.1. The summed E-state index contributed by atoms with van der Waals surface area (Å²) in [4.78, 5) is 24.8. The van der Waals surface area contributed by atoms with Gasteiger partial charge in [0.25, 0.3) is 0 Å². The molecule has 0 N–H and O–H groups in total. The maximum atomic E-state index is 12.6. The Hall–Kier alpha value is -2.33. The van der Waals surface area contributed by atoms with Gasteiger partial charge in [-0.15, -0.1) is 0 Å². The lowest BCUT2D eigenvalue weighted by Crippen LogP contribution is -2.40. The van der Waals surface area contributed by atoms with Crippen LogP contribution >= 0.6 is 11.6 Å². The van der Waals surface area contributed by atoms with Gasteiger partial charge in [0.2, 0.25) is 0 Å². The monoisotopic (exact) mass is 374 g/mol. The molecule has 4 nitrogen and oxygen atoms in total. The number of rotatable bonds is 6. The number of hydrogen-bond acceptors (Lipinski definition) is 4. The van der Waals surface area contributed by atoms with Crippen LogP contribution in [0, 0.1) is 6.92 Å². The van der Waals surface area contributed by atoms with Crippen LogP contribution in [0.2, 0.25) is 5.02 Å². The molecule has 0 aliphatic carbocycles. The van der Waals surface area contributed by atoms with Crippen molar-refractivity contribution in [1.82, 2.24) is 0 Å². The van der Waals surface area contributed by atoms with Gasteiger partial charge in [0, 0.05) is 16.1 Å². The fraction of sp³-hybridized carbons (Fsp3) is 0.333. The fourth-order valence-corrected chi connectivity index (χ4v) is 2.53. The third-order valence-electron chi connectivity index (χ3n) is 3.76. The molecule has 0 atom stereocenters. The average Bonchev–Trinajstić information content (AvgIpc) is 2.54. The van der Waals surface area contributed by atoms with Gasteiger partial charge in [-0.3, -0.25) is 4.79 Å². The summed E-state index contributed by atoms with van der Waals surface area (Å²) in [6.07, 6.45) is -0.216.